The number of hydrogen-bond donors (Lipinski definition) is 2. The number of carbonyl (C=O) groups is 1. The molecule has 0 saturated heterocycles. The predicted octanol–water partition coefficient (Wildman–Crippen LogP) is 1.78. The number of carboxylic acid groups (broad SMARTS) is 1. The van der Waals surface area contributed by atoms with Crippen LogP contribution in [0, 0.1) is 3.57 Å². The number of alkyl halides is 2. The van der Waals surface area contributed by atoms with Crippen LogP contribution in [0.2, 0.25) is 0 Å². The molecule has 0 unspecified atom stereocenters. The molecule has 0 saturated carbocycles. The van der Waals surface area contributed by atoms with Crippen LogP contribution >= 0.6 is 22.6 Å². The third-order valence-electron chi connectivity index (χ3n) is 1.73. The summed E-state index contributed by atoms with van der Waals surface area (Å²) in [4.78, 5) is 14.0. The molecule has 4 nitrogen and oxygen atoms in total. The number of hydrogen-bond acceptors (Lipinski definition) is 3. The predicted molar refractivity (Wildman–Crippen MR) is 56.8 cm³/mol. The summed E-state index contributed by atoms with van der Waals surface area (Å²) in [6, 6.07) is 1.22. The first-order chi connectivity index (χ1) is 6.97. The molecule has 0 aliphatic rings. The van der Waals surface area contributed by atoms with E-state index in [0.717, 1.165) is 0 Å². The van der Waals surface area contributed by atoms with Crippen LogP contribution in [0.4, 0.5) is 8.78 Å². The number of halogens is 3. The zero-order valence-corrected chi connectivity index (χ0v) is 9.53. The minimum Gasteiger partial charge on any atom is -0.477 e. The van der Waals surface area contributed by atoms with Gasteiger partial charge in [-0.05, 0) is 28.7 Å². The van der Waals surface area contributed by atoms with Crippen molar-refractivity contribution in [2.24, 2.45) is 5.73 Å². The van der Waals surface area contributed by atoms with E-state index in [1.807, 2.05) is 0 Å². The van der Waals surface area contributed by atoms with Crippen molar-refractivity contribution in [3.63, 3.8) is 0 Å². The van der Waals surface area contributed by atoms with Crippen molar-refractivity contribution < 1.29 is 18.7 Å². The van der Waals surface area contributed by atoms with Gasteiger partial charge in [-0.15, -0.1) is 0 Å². The molecule has 7 heteroatoms. The van der Waals surface area contributed by atoms with Crippen LogP contribution in [0.25, 0.3) is 0 Å². The lowest BCUT2D eigenvalue weighted by Gasteiger charge is -2.09. The highest BCUT2D eigenvalue weighted by atomic mass is 127. The maximum absolute atomic E-state index is 12.5. The van der Waals surface area contributed by atoms with Gasteiger partial charge in [-0.2, -0.15) is 0 Å². The number of aromatic nitrogens is 1. The fourth-order valence-corrected chi connectivity index (χ4v) is 1.84. The van der Waals surface area contributed by atoms with Gasteiger partial charge in [0.2, 0.25) is 0 Å². The normalized spacial score (nSPS) is 10.7. The summed E-state index contributed by atoms with van der Waals surface area (Å²) in [5, 5.41) is 8.64. The molecule has 0 aliphatic heterocycles. The number of nitrogens with two attached hydrogens (primary N) is 1. The van der Waals surface area contributed by atoms with Crippen LogP contribution in [-0.2, 0) is 6.54 Å². The molecule has 0 aliphatic carbocycles. The van der Waals surface area contributed by atoms with E-state index in [0.29, 0.717) is 3.57 Å². The summed E-state index contributed by atoms with van der Waals surface area (Å²) < 4.78 is 25.4. The van der Waals surface area contributed by atoms with Gasteiger partial charge in [0, 0.05) is 15.7 Å². The van der Waals surface area contributed by atoms with E-state index >= 15 is 0 Å². The highest BCUT2D eigenvalue weighted by Gasteiger charge is 2.20. The van der Waals surface area contributed by atoms with Crippen molar-refractivity contribution in [3.8, 4) is 0 Å². The molecule has 3 N–H and O–H groups in total. The number of rotatable bonds is 3. The Labute approximate surface area is 97.6 Å². The first-order valence-corrected chi connectivity index (χ1v) is 4.96. The van der Waals surface area contributed by atoms with E-state index in [4.69, 9.17) is 10.8 Å². The molecule has 1 aromatic rings. The molecule has 0 radical (unpaired) electrons. The van der Waals surface area contributed by atoms with Crippen LogP contribution in [-0.4, -0.2) is 16.1 Å². The second-order valence-electron chi connectivity index (χ2n) is 2.66. The molecule has 1 aromatic heterocycles. The Morgan fingerprint density at radius 3 is 2.67 bits per heavy atom. The van der Waals surface area contributed by atoms with Crippen molar-refractivity contribution in [2.45, 2.75) is 13.0 Å². The van der Waals surface area contributed by atoms with E-state index in [1.165, 1.54) is 6.07 Å². The smallest absolute Gasteiger partial charge is 0.354 e. The van der Waals surface area contributed by atoms with Crippen molar-refractivity contribution >= 4 is 28.6 Å². The molecule has 0 amide bonds. The average molecular weight is 328 g/mol. The SMILES string of the molecule is NCc1c(I)cc(C(=O)O)nc1C(F)F. The number of nitrogens with zero attached hydrogens (tertiary/aromatic N) is 1. The fraction of sp³-hybridized carbons (Fsp3) is 0.250. The molecule has 1 heterocycles. The maximum Gasteiger partial charge on any atom is 0.354 e. The maximum atomic E-state index is 12.5. The summed E-state index contributed by atoms with van der Waals surface area (Å²) in [5.74, 6) is -1.33. The van der Waals surface area contributed by atoms with Gasteiger partial charge < -0.3 is 10.8 Å². The van der Waals surface area contributed by atoms with Crippen molar-refractivity contribution in [1.82, 2.24) is 4.98 Å². The monoisotopic (exact) mass is 328 g/mol. The van der Waals surface area contributed by atoms with Gasteiger partial charge in [-0.1, -0.05) is 0 Å². The minimum absolute atomic E-state index is 0.0924. The van der Waals surface area contributed by atoms with Gasteiger partial charge in [0.05, 0.1) is 0 Å². The van der Waals surface area contributed by atoms with E-state index in [1.54, 1.807) is 22.6 Å². The summed E-state index contributed by atoms with van der Waals surface area (Å²) in [6.07, 6.45) is -2.82. The van der Waals surface area contributed by atoms with Crippen molar-refractivity contribution in [1.29, 1.82) is 0 Å². The topological polar surface area (TPSA) is 76.2 Å². The van der Waals surface area contributed by atoms with Crippen molar-refractivity contribution in [3.05, 3.63) is 26.6 Å². The number of aromatic carboxylic acids is 1. The molecule has 0 fully saturated rings. The Hall–Kier alpha value is -0.830. The lowest BCUT2D eigenvalue weighted by atomic mass is 10.1. The van der Waals surface area contributed by atoms with Gasteiger partial charge in [0.1, 0.15) is 11.4 Å². The summed E-state index contributed by atoms with van der Waals surface area (Å²) in [6.45, 7) is -0.0924. The van der Waals surface area contributed by atoms with Gasteiger partial charge in [-0.25, -0.2) is 18.6 Å². The lowest BCUT2D eigenvalue weighted by Crippen LogP contribution is -2.11. The largest absolute Gasteiger partial charge is 0.477 e. The van der Waals surface area contributed by atoms with Crippen LogP contribution in [0.1, 0.15) is 28.2 Å². The Morgan fingerprint density at radius 1 is 1.67 bits per heavy atom. The highest BCUT2D eigenvalue weighted by molar-refractivity contribution is 14.1. The summed E-state index contributed by atoms with van der Waals surface area (Å²) in [5.41, 5.74) is 4.53. The van der Waals surface area contributed by atoms with Gasteiger partial charge in [0.25, 0.3) is 6.43 Å². The Morgan fingerprint density at radius 2 is 2.27 bits per heavy atom. The van der Waals surface area contributed by atoms with E-state index in [2.05, 4.69) is 4.98 Å². The van der Waals surface area contributed by atoms with E-state index in [-0.39, 0.29) is 12.1 Å². The van der Waals surface area contributed by atoms with Crippen LogP contribution in [0.5, 0.6) is 0 Å². The standard InChI is InChI=1S/C8H7F2IN2O2/c9-7(10)6-3(2-12)4(11)1-5(13-6)8(14)15/h1,7H,2,12H2,(H,14,15). The third kappa shape index (κ3) is 2.59. The summed E-state index contributed by atoms with van der Waals surface area (Å²) >= 11 is 1.76. The molecule has 82 valence electrons. The molecule has 0 aromatic carbocycles. The lowest BCUT2D eigenvalue weighted by molar-refractivity contribution is 0.0688. The molecule has 1 rings (SSSR count). The zero-order valence-electron chi connectivity index (χ0n) is 7.38. The van der Waals surface area contributed by atoms with Crippen LogP contribution in [0.3, 0.4) is 0 Å². The Balaban J connectivity index is 3.38. The van der Waals surface area contributed by atoms with Gasteiger partial charge >= 0.3 is 5.97 Å². The molecule has 0 atom stereocenters. The van der Waals surface area contributed by atoms with E-state index < -0.39 is 23.8 Å². The average Bonchev–Trinajstić information content (AvgIpc) is 2.16. The number of pyridine rings is 1. The second-order valence-corrected chi connectivity index (χ2v) is 3.83. The molecule has 0 spiro atoms. The van der Waals surface area contributed by atoms with Gasteiger partial charge in [-0.3, -0.25) is 0 Å². The number of carboxylic acids is 1. The van der Waals surface area contributed by atoms with Crippen LogP contribution < -0.4 is 5.73 Å². The molecule has 0 bridgehead atoms. The van der Waals surface area contributed by atoms with Crippen molar-refractivity contribution in [2.75, 3.05) is 0 Å². The third-order valence-corrected chi connectivity index (χ3v) is 2.69. The molecular formula is C8H7F2IN2O2. The molecule has 15 heavy (non-hydrogen) atoms. The molecular weight excluding hydrogens is 321 g/mol. The van der Waals surface area contributed by atoms with E-state index in [9.17, 15) is 13.6 Å². The highest BCUT2D eigenvalue weighted by Crippen LogP contribution is 2.25. The quantitative estimate of drug-likeness (QED) is 0.830. The Bertz CT molecular complexity index is 398. The first kappa shape index (κ1) is 12.2. The van der Waals surface area contributed by atoms with Gasteiger partial charge in [0.15, 0.2) is 0 Å². The first-order valence-electron chi connectivity index (χ1n) is 3.88. The fourth-order valence-electron chi connectivity index (χ4n) is 1.05. The zero-order chi connectivity index (χ0) is 11.6. The Kier molecular flexibility index (Phi) is 3.91. The minimum atomic E-state index is -2.82. The van der Waals surface area contributed by atoms with Crippen LogP contribution in [0.15, 0.2) is 6.07 Å². The summed E-state index contributed by atoms with van der Waals surface area (Å²) in [7, 11) is 0. The second kappa shape index (κ2) is 4.79.